The van der Waals surface area contributed by atoms with E-state index >= 15 is 0 Å². The first-order valence-corrected chi connectivity index (χ1v) is 8.94. The smallest absolute Gasteiger partial charge is 0.355 e. The molecule has 0 saturated carbocycles. The van der Waals surface area contributed by atoms with Gasteiger partial charge in [-0.15, -0.1) is 0 Å². The van der Waals surface area contributed by atoms with E-state index in [1.807, 2.05) is 7.05 Å². The lowest BCUT2D eigenvalue weighted by Crippen LogP contribution is -2.45. The number of rotatable bonds is 4. The van der Waals surface area contributed by atoms with Crippen LogP contribution in [-0.2, 0) is 23.8 Å². The van der Waals surface area contributed by atoms with Crippen LogP contribution in [0.4, 0.5) is 15.8 Å². The van der Waals surface area contributed by atoms with Crippen LogP contribution >= 0.6 is 0 Å². The summed E-state index contributed by atoms with van der Waals surface area (Å²) in [6, 6.07) is 4.39. The number of hydrogen-bond acceptors (Lipinski definition) is 8. The van der Waals surface area contributed by atoms with Crippen LogP contribution in [0.5, 0.6) is 0 Å². The van der Waals surface area contributed by atoms with E-state index in [-0.39, 0.29) is 24.6 Å². The number of halogens is 1. The van der Waals surface area contributed by atoms with E-state index in [1.54, 1.807) is 6.07 Å². The van der Waals surface area contributed by atoms with Crippen molar-refractivity contribution in [2.45, 2.75) is 0 Å². The van der Waals surface area contributed by atoms with Gasteiger partial charge in [0.2, 0.25) is 0 Å². The van der Waals surface area contributed by atoms with E-state index in [4.69, 9.17) is 14.2 Å². The molecule has 1 fully saturated rings. The fourth-order valence-corrected chi connectivity index (χ4v) is 3.36. The van der Waals surface area contributed by atoms with E-state index in [9.17, 15) is 14.0 Å². The predicted octanol–water partition coefficient (Wildman–Crippen LogP) is 0.972. The summed E-state index contributed by atoms with van der Waals surface area (Å²) >= 11 is 0. The van der Waals surface area contributed by atoms with Crippen molar-refractivity contribution in [1.82, 2.24) is 4.90 Å². The average Bonchev–Trinajstić information content (AvgIpc) is 2.72. The molecule has 1 saturated heterocycles. The van der Waals surface area contributed by atoms with Crippen LogP contribution in [0.2, 0.25) is 0 Å². The highest BCUT2D eigenvalue weighted by molar-refractivity contribution is 6.04. The average molecular weight is 393 g/mol. The van der Waals surface area contributed by atoms with Crippen molar-refractivity contribution in [3.8, 4) is 0 Å². The van der Waals surface area contributed by atoms with Crippen LogP contribution in [-0.4, -0.2) is 77.6 Å². The zero-order valence-electron chi connectivity index (χ0n) is 16.2. The van der Waals surface area contributed by atoms with E-state index in [1.165, 1.54) is 31.3 Å². The lowest BCUT2D eigenvalue weighted by atomic mass is 10.1. The van der Waals surface area contributed by atoms with Crippen LogP contribution in [0.1, 0.15) is 0 Å². The maximum absolute atomic E-state index is 14.1. The molecule has 0 N–H and O–H groups in total. The molecule has 9 heteroatoms. The zero-order valence-corrected chi connectivity index (χ0v) is 16.2. The number of anilines is 2. The van der Waals surface area contributed by atoms with Gasteiger partial charge in [0.1, 0.15) is 18.2 Å². The Morgan fingerprint density at radius 2 is 1.71 bits per heavy atom. The van der Waals surface area contributed by atoms with Gasteiger partial charge in [0.05, 0.1) is 37.8 Å². The Kier molecular flexibility index (Phi) is 6.15. The van der Waals surface area contributed by atoms with Crippen LogP contribution in [0.3, 0.4) is 0 Å². The molecular weight excluding hydrogens is 369 g/mol. The SMILES string of the molecule is COC(=O)C1=C(C(=O)OC)N(c2cc(F)ccc2N2CCN(C)CC2)COC1. The number of hydrogen-bond donors (Lipinski definition) is 0. The predicted molar refractivity (Wildman–Crippen MR) is 100 cm³/mol. The Balaban J connectivity index is 2.09. The Hall–Kier alpha value is -2.65. The van der Waals surface area contributed by atoms with Gasteiger partial charge < -0.3 is 28.9 Å². The largest absolute Gasteiger partial charge is 0.466 e. The third-order valence-corrected chi connectivity index (χ3v) is 4.91. The van der Waals surface area contributed by atoms with Gasteiger partial charge in [0.15, 0.2) is 0 Å². The van der Waals surface area contributed by atoms with Crippen LogP contribution in [0.15, 0.2) is 29.5 Å². The molecule has 0 amide bonds. The first-order chi connectivity index (χ1) is 13.5. The molecule has 2 aliphatic rings. The fraction of sp³-hybridized carbons (Fsp3) is 0.474. The number of piperazine rings is 1. The zero-order chi connectivity index (χ0) is 20.3. The maximum Gasteiger partial charge on any atom is 0.355 e. The van der Waals surface area contributed by atoms with Crippen molar-refractivity contribution in [2.24, 2.45) is 0 Å². The lowest BCUT2D eigenvalue weighted by Gasteiger charge is -2.38. The second-order valence-electron chi connectivity index (χ2n) is 6.64. The molecule has 0 aromatic heterocycles. The fourth-order valence-electron chi connectivity index (χ4n) is 3.36. The molecule has 2 heterocycles. The van der Waals surface area contributed by atoms with Gasteiger partial charge in [-0.05, 0) is 25.2 Å². The van der Waals surface area contributed by atoms with E-state index < -0.39 is 17.8 Å². The molecule has 1 aromatic rings. The first kappa shape index (κ1) is 20.1. The van der Waals surface area contributed by atoms with Gasteiger partial charge >= 0.3 is 11.9 Å². The van der Waals surface area contributed by atoms with Crippen molar-refractivity contribution >= 4 is 23.3 Å². The van der Waals surface area contributed by atoms with Crippen molar-refractivity contribution in [3.05, 3.63) is 35.3 Å². The minimum atomic E-state index is -0.711. The quantitative estimate of drug-likeness (QED) is 0.701. The number of ether oxygens (including phenoxy) is 3. The summed E-state index contributed by atoms with van der Waals surface area (Å²) in [4.78, 5) is 30.5. The van der Waals surface area contributed by atoms with Gasteiger partial charge in [0.25, 0.3) is 0 Å². The number of carbonyl (C=O) groups is 2. The number of carbonyl (C=O) groups excluding carboxylic acids is 2. The molecule has 0 spiro atoms. The van der Waals surface area contributed by atoms with E-state index in [0.29, 0.717) is 5.69 Å². The van der Waals surface area contributed by atoms with Crippen LogP contribution in [0.25, 0.3) is 0 Å². The molecule has 8 nitrogen and oxygen atoms in total. The summed E-state index contributed by atoms with van der Waals surface area (Å²) in [5.41, 5.74) is 1.23. The summed E-state index contributed by atoms with van der Waals surface area (Å²) in [5.74, 6) is -1.86. The molecule has 152 valence electrons. The third-order valence-electron chi connectivity index (χ3n) is 4.91. The molecule has 0 radical (unpaired) electrons. The summed E-state index contributed by atoms with van der Waals surface area (Å²) in [6.07, 6.45) is 0. The molecule has 28 heavy (non-hydrogen) atoms. The van der Waals surface area contributed by atoms with Crippen molar-refractivity contribution < 1.29 is 28.2 Å². The third kappa shape index (κ3) is 3.95. The molecule has 0 unspecified atom stereocenters. The lowest BCUT2D eigenvalue weighted by molar-refractivity contribution is -0.140. The standard InChI is InChI=1S/C19H24FN3O5/c1-21-6-8-22(9-7-21)15-5-4-13(20)10-16(15)23-12-28-11-14(18(24)26-2)17(23)19(25)27-3/h4-5,10H,6-9,11-12H2,1-3H3. The van der Waals surface area contributed by atoms with Crippen LogP contribution in [0, 0.1) is 5.82 Å². The van der Waals surface area contributed by atoms with Crippen molar-refractivity contribution in [1.29, 1.82) is 0 Å². The Morgan fingerprint density at radius 1 is 1.04 bits per heavy atom. The Bertz CT molecular complexity index is 790. The minimum Gasteiger partial charge on any atom is -0.466 e. The molecule has 2 aliphatic heterocycles. The number of nitrogens with zero attached hydrogens (tertiary/aromatic N) is 3. The monoisotopic (exact) mass is 393 g/mol. The van der Waals surface area contributed by atoms with Gasteiger partial charge in [-0.2, -0.15) is 0 Å². The van der Waals surface area contributed by atoms with Crippen LogP contribution < -0.4 is 9.80 Å². The van der Waals surface area contributed by atoms with Gasteiger partial charge in [-0.1, -0.05) is 0 Å². The molecule has 0 bridgehead atoms. The first-order valence-electron chi connectivity index (χ1n) is 8.94. The molecule has 3 rings (SSSR count). The molecular formula is C19H24FN3O5. The summed E-state index contributed by atoms with van der Waals surface area (Å²) in [7, 11) is 4.49. The van der Waals surface area contributed by atoms with Gasteiger partial charge in [-0.3, -0.25) is 0 Å². The number of methoxy groups -OCH3 is 2. The normalized spacial score (nSPS) is 18.3. The van der Waals surface area contributed by atoms with Gasteiger partial charge in [-0.25, -0.2) is 14.0 Å². The molecule has 0 atom stereocenters. The Morgan fingerprint density at radius 3 is 2.36 bits per heavy atom. The summed E-state index contributed by atoms with van der Waals surface area (Å²) in [6.45, 7) is 3.12. The second-order valence-corrected chi connectivity index (χ2v) is 6.64. The number of benzene rings is 1. The molecule has 1 aromatic carbocycles. The van der Waals surface area contributed by atoms with E-state index in [0.717, 1.165) is 31.9 Å². The Labute approximate surface area is 163 Å². The maximum atomic E-state index is 14.1. The summed E-state index contributed by atoms with van der Waals surface area (Å²) < 4.78 is 29.3. The van der Waals surface area contributed by atoms with Crippen molar-refractivity contribution in [3.63, 3.8) is 0 Å². The minimum absolute atomic E-state index is 0.00146. The van der Waals surface area contributed by atoms with Crippen molar-refractivity contribution in [2.75, 3.05) is 70.6 Å². The summed E-state index contributed by atoms with van der Waals surface area (Å²) in [5, 5.41) is 0. The molecule has 0 aliphatic carbocycles. The van der Waals surface area contributed by atoms with E-state index in [2.05, 4.69) is 9.80 Å². The highest BCUT2D eigenvalue weighted by atomic mass is 19.1. The number of esters is 2. The topological polar surface area (TPSA) is 71.6 Å². The highest BCUT2D eigenvalue weighted by Gasteiger charge is 2.34. The number of likely N-dealkylation sites (N-methyl/N-ethyl adjacent to an activating group) is 1. The second kappa shape index (κ2) is 8.57. The van der Waals surface area contributed by atoms with Gasteiger partial charge in [0, 0.05) is 26.2 Å². The highest BCUT2D eigenvalue weighted by Crippen LogP contribution is 2.35.